The van der Waals surface area contributed by atoms with Crippen molar-refractivity contribution in [2.45, 2.75) is 33.9 Å². The van der Waals surface area contributed by atoms with Gasteiger partial charge in [-0.15, -0.1) is 0 Å². The number of aryl methyl sites for hydroxylation is 3. The molecule has 4 aromatic rings. The number of nitrogens with zero attached hydrogens (tertiary/aromatic N) is 4. The third kappa shape index (κ3) is 4.66. The molecule has 4 rings (SSSR count). The summed E-state index contributed by atoms with van der Waals surface area (Å²) in [7, 11) is 0. The quantitative estimate of drug-likeness (QED) is 0.524. The summed E-state index contributed by atoms with van der Waals surface area (Å²) in [6, 6.07) is 18.0. The Labute approximate surface area is 176 Å². The minimum atomic E-state index is -0.153. The minimum Gasteiger partial charge on any atom is -0.319 e. The van der Waals surface area contributed by atoms with E-state index in [0.29, 0.717) is 24.3 Å². The van der Waals surface area contributed by atoms with Gasteiger partial charge in [0.25, 0.3) is 5.91 Å². The highest BCUT2D eigenvalue weighted by molar-refractivity contribution is 6.04. The number of benzene rings is 2. The average Bonchev–Trinajstić information content (AvgIpc) is 3.29. The SMILES string of the molecule is Cc1ccc(Cn2cc(NC(=O)c3cccc(Cn4nc(C)cc4C)c3)cn2)cc1. The molecule has 0 saturated heterocycles. The fourth-order valence-electron chi connectivity index (χ4n) is 3.42. The van der Waals surface area contributed by atoms with Crippen LogP contribution < -0.4 is 5.32 Å². The largest absolute Gasteiger partial charge is 0.319 e. The van der Waals surface area contributed by atoms with E-state index in [0.717, 1.165) is 17.0 Å². The second kappa shape index (κ2) is 8.37. The molecule has 0 aliphatic carbocycles. The molecule has 2 heterocycles. The van der Waals surface area contributed by atoms with Crippen LogP contribution in [0.3, 0.4) is 0 Å². The Morgan fingerprint density at radius 3 is 2.50 bits per heavy atom. The standard InChI is InChI=1S/C24H25N5O/c1-17-7-9-20(10-8-17)14-28-16-23(13-25-28)26-24(30)22-6-4-5-21(12-22)15-29-19(3)11-18(2)27-29/h4-13,16H,14-15H2,1-3H3,(H,26,30). The molecule has 2 aromatic carbocycles. The fourth-order valence-corrected chi connectivity index (χ4v) is 3.42. The van der Waals surface area contributed by atoms with E-state index in [9.17, 15) is 4.79 Å². The smallest absolute Gasteiger partial charge is 0.255 e. The van der Waals surface area contributed by atoms with Gasteiger partial charge in [-0.3, -0.25) is 14.2 Å². The highest BCUT2D eigenvalue weighted by atomic mass is 16.1. The van der Waals surface area contributed by atoms with Gasteiger partial charge < -0.3 is 5.32 Å². The lowest BCUT2D eigenvalue weighted by molar-refractivity contribution is 0.102. The summed E-state index contributed by atoms with van der Waals surface area (Å²) in [6.45, 7) is 7.37. The molecule has 2 aromatic heterocycles. The van der Waals surface area contributed by atoms with Crippen molar-refractivity contribution in [2.75, 3.05) is 5.32 Å². The highest BCUT2D eigenvalue weighted by Crippen LogP contribution is 2.13. The predicted molar refractivity (Wildman–Crippen MR) is 118 cm³/mol. The summed E-state index contributed by atoms with van der Waals surface area (Å²) < 4.78 is 3.76. The molecule has 0 fully saturated rings. The Morgan fingerprint density at radius 1 is 0.967 bits per heavy atom. The topological polar surface area (TPSA) is 64.7 Å². The molecule has 0 unspecified atom stereocenters. The van der Waals surface area contributed by atoms with Crippen LogP contribution in [0, 0.1) is 20.8 Å². The van der Waals surface area contributed by atoms with E-state index in [2.05, 4.69) is 46.7 Å². The van der Waals surface area contributed by atoms with E-state index in [1.165, 1.54) is 11.1 Å². The van der Waals surface area contributed by atoms with Crippen molar-refractivity contribution < 1.29 is 4.79 Å². The van der Waals surface area contributed by atoms with Crippen molar-refractivity contribution in [3.05, 3.63) is 101 Å². The van der Waals surface area contributed by atoms with Gasteiger partial charge in [-0.25, -0.2) is 0 Å². The maximum absolute atomic E-state index is 12.7. The first kappa shape index (κ1) is 19.6. The fraction of sp³-hybridized carbons (Fsp3) is 0.208. The molecule has 0 atom stereocenters. The van der Waals surface area contributed by atoms with Crippen molar-refractivity contribution in [1.29, 1.82) is 0 Å². The minimum absolute atomic E-state index is 0.153. The number of anilines is 1. The molecule has 1 amide bonds. The second-order valence-corrected chi connectivity index (χ2v) is 7.65. The van der Waals surface area contributed by atoms with Crippen LogP contribution in [-0.2, 0) is 13.1 Å². The van der Waals surface area contributed by atoms with E-state index < -0.39 is 0 Å². The van der Waals surface area contributed by atoms with Crippen LogP contribution in [0.4, 0.5) is 5.69 Å². The van der Waals surface area contributed by atoms with Gasteiger partial charge in [0.2, 0.25) is 0 Å². The van der Waals surface area contributed by atoms with Crippen LogP contribution in [0.1, 0.15) is 38.4 Å². The molecular weight excluding hydrogens is 374 g/mol. The monoisotopic (exact) mass is 399 g/mol. The third-order valence-electron chi connectivity index (χ3n) is 4.98. The van der Waals surface area contributed by atoms with Gasteiger partial charge in [-0.05, 0) is 50.1 Å². The van der Waals surface area contributed by atoms with Crippen LogP contribution >= 0.6 is 0 Å². The van der Waals surface area contributed by atoms with E-state index in [1.54, 1.807) is 6.20 Å². The molecular formula is C24H25N5O. The number of hydrogen-bond acceptors (Lipinski definition) is 3. The maximum Gasteiger partial charge on any atom is 0.255 e. The first-order valence-corrected chi connectivity index (χ1v) is 9.95. The zero-order valence-electron chi connectivity index (χ0n) is 17.5. The second-order valence-electron chi connectivity index (χ2n) is 7.65. The molecule has 0 bridgehead atoms. The van der Waals surface area contributed by atoms with Gasteiger partial charge in [0.05, 0.1) is 30.7 Å². The number of nitrogens with one attached hydrogen (secondary N) is 1. The van der Waals surface area contributed by atoms with Gasteiger partial charge in [-0.1, -0.05) is 42.0 Å². The molecule has 0 spiro atoms. The van der Waals surface area contributed by atoms with Crippen molar-refractivity contribution in [1.82, 2.24) is 19.6 Å². The van der Waals surface area contributed by atoms with Crippen LogP contribution in [-0.4, -0.2) is 25.5 Å². The maximum atomic E-state index is 12.7. The van der Waals surface area contributed by atoms with Crippen molar-refractivity contribution >= 4 is 11.6 Å². The first-order chi connectivity index (χ1) is 14.5. The summed E-state index contributed by atoms with van der Waals surface area (Å²) in [6.07, 6.45) is 3.52. The van der Waals surface area contributed by atoms with Gasteiger partial charge in [0.1, 0.15) is 0 Å². The summed E-state index contributed by atoms with van der Waals surface area (Å²) in [4.78, 5) is 12.7. The number of rotatable bonds is 6. The molecule has 0 aliphatic rings. The molecule has 6 heteroatoms. The molecule has 0 aliphatic heterocycles. The Balaban J connectivity index is 1.42. The van der Waals surface area contributed by atoms with Gasteiger partial charge in [0, 0.05) is 17.5 Å². The van der Waals surface area contributed by atoms with Crippen LogP contribution in [0.15, 0.2) is 67.0 Å². The van der Waals surface area contributed by atoms with E-state index in [-0.39, 0.29) is 5.91 Å². The number of carbonyl (C=O) groups is 1. The lowest BCUT2D eigenvalue weighted by atomic mass is 10.1. The number of aromatic nitrogens is 4. The van der Waals surface area contributed by atoms with Crippen LogP contribution in [0.25, 0.3) is 0 Å². The van der Waals surface area contributed by atoms with Crippen LogP contribution in [0.5, 0.6) is 0 Å². The van der Waals surface area contributed by atoms with Crippen molar-refractivity contribution in [2.24, 2.45) is 0 Å². The summed E-state index contributed by atoms with van der Waals surface area (Å²) in [5.41, 5.74) is 6.80. The summed E-state index contributed by atoms with van der Waals surface area (Å²) in [5.74, 6) is -0.153. The molecule has 6 nitrogen and oxygen atoms in total. The van der Waals surface area contributed by atoms with Gasteiger partial charge >= 0.3 is 0 Å². The highest BCUT2D eigenvalue weighted by Gasteiger charge is 2.10. The Morgan fingerprint density at radius 2 is 1.77 bits per heavy atom. The van der Waals surface area contributed by atoms with E-state index in [1.807, 2.05) is 59.7 Å². The molecule has 0 radical (unpaired) electrons. The van der Waals surface area contributed by atoms with Gasteiger partial charge in [0.15, 0.2) is 0 Å². The zero-order valence-corrected chi connectivity index (χ0v) is 17.5. The normalized spacial score (nSPS) is 10.9. The first-order valence-electron chi connectivity index (χ1n) is 9.95. The number of carbonyl (C=O) groups excluding carboxylic acids is 1. The number of amides is 1. The average molecular weight is 399 g/mol. The molecule has 30 heavy (non-hydrogen) atoms. The van der Waals surface area contributed by atoms with Crippen molar-refractivity contribution in [3.63, 3.8) is 0 Å². The zero-order chi connectivity index (χ0) is 21.1. The molecule has 0 saturated carbocycles. The van der Waals surface area contributed by atoms with E-state index >= 15 is 0 Å². The van der Waals surface area contributed by atoms with Crippen molar-refractivity contribution in [3.8, 4) is 0 Å². The molecule has 1 N–H and O–H groups in total. The van der Waals surface area contributed by atoms with E-state index in [4.69, 9.17) is 0 Å². The molecule has 152 valence electrons. The summed E-state index contributed by atoms with van der Waals surface area (Å²) in [5, 5.41) is 11.8. The Bertz CT molecular complexity index is 1170. The predicted octanol–water partition coefficient (Wildman–Crippen LogP) is 4.35. The third-order valence-corrected chi connectivity index (χ3v) is 4.98. The van der Waals surface area contributed by atoms with Crippen LogP contribution in [0.2, 0.25) is 0 Å². The number of hydrogen-bond donors (Lipinski definition) is 1. The van der Waals surface area contributed by atoms with Gasteiger partial charge in [-0.2, -0.15) is 10.2 Å². The Hall–Kier alpha value is -3.67. The Kier molecular flexibility index (Phi) is 5.48. The lowest BCUT2D eigenvalue weighted by Crippen LogP contribution is -2.12. The lowest BCUT2D eigenvalue weighted by Gasteiger charge is -2.07. The summed E-state index contributed by atoms with van der Waals surface area (Å²) >= 11 is 0.